The van der Waals surface area contributed by atoms with Gasteiger partial charge in [0, 0.05) is 49.7 Å². The lowest BCUT2D eigenvalue weighted by atomic mass is 10.2. The molecule has 4 heterocycles. The smallest absolute Gasteiger partial charge is 0.321 e. The summed E-state index contributed by atoms with van der Waals surface area (Å²) in [6.45, 7) is 6.72. The summed E-state index contributed by atoms with van der Waals surface area (Å²) in [7, 11) is 0. The Bertz CT molecular complexity index is 1120. The largest absolute Gasteiger partial charge is 0.454 e. The van der Waals surface area contributed by atoms with Crippen LogP contribution in [0.4, 0.5) is 16.3 Å². The van der Waals surface area contributed by atoms with Crippen molar-refractivity contribution >= 4 is 17.5 Å². The van der Waals surface area contributed by atoms with Crippen LogP contribution in [0.2, 0.25) is 0 Å². The van der Waals surface area contributed by atoms with Crippen LogP contribution >= 0.6 is 0 Å². The number of nitrogens with one attached hydrogen (secondary N) is 1. The fraction of sp³-hybridized carbons (Fsp3) is 0.333. The number of aromatic nitrogens is 4. The van der Waals surface area contributed by atoms with Crippen molar-refractivity contribution < 1.29 is 14.3 Å². The average Bonchev–Trinajstić information content (AvgIpc) is 3.39. The molecule has 1 aromatic carbocycles. The fourth-order valence-electron chi connectivity index (χ4n) is 3.80. The molecule has 2 aliphatic heterocycles. The van der Waals surface area contributed by atoms with Crippen LogP contribution in [-0.4, -0.2) is 63.7 Å². The van der Waals surface area contributed by atoms with Crippen LogP contribution in [0.3, 0.4) is 0 Å². The van der Waals surface area contributed by atoms with Crippen LogP contribution in [0.5, 0.6) is 11.5 Å². The number of anilines is 2. The molecule has 0 radical (unpaired) electrons. The summed E-state index contributed by atoms with van der Waals surface area (Å²) in [6, 6.07) is 9.19. The molecule has 3 aromatic rings. The third-order valence-electron chi connectivity index (χ3n) is 5.38. The van der Waals surface area contributed by atoms with Gasteiger partial charge in [-0.1, -0.05) is 0 Å². The van der Waals surface area contributed by atoms with Crippen LogP contribution < -0.4 is 19.7 Å². The average molecular weight is 421 g/mol. The Balaban J connectivity index is 1.22. The van der Waals surface area contributed by atoms with E-state index in [4.69, 9.17) is 9.47 Å². The second-order valence-corrected chi connectivity index (χ2v) is 7.55. The van der Waals surface area contributed by atoms with E-state index >= 15 is 0 Å². The highest BCUT2D eigenvalue weighted by atomic mass is 16.7. The molecule has 160 valence electrons. The van der Waals surface area contributed by atoms with Crippen LogP contribution in [-0.2, 0) is 0 Å². The summed E-state index contributed by atoms with van der Waals surface area (Å²) in [5, 5.41) is 7.42. The lowest BCUT2D eigenvalue weighted by Gasteiger charge is -2.35. The molecule has 2 amide bonds. The molecule has 0 aliphatic carbocycles. The molecule has 0 saturated carbocycles. The van der Waals surface area contributed by atoms with E-state index in [0.29, 0.717) is 43.4 Å². The maximum Gasteiger partial charge on any atom is 0.321 e. The van der Waals surface area contributed by atoms with Gasteiger partial charge >= 0.3 is 6.03 Å². The van der Waals surface area contributed by atoms with E-state index in [1.54, 1.807) is 23.4 Å². The molecule has 2 aliphatic rings. The second kappa shape index (κ2) is 7.78. The minimum absolute atomic E-state index is 0.135. The van der Waals surface area contributed by atoms with Crippen molar-refractivity contribution in [1.29, 1.82) is 0 Å². The number of rotatable bonds is 3. The van der Waals surface area contributed by atoms with Crippen molar-refractivity contribution in [2.75, 3.05) is 43.2 Å². The van der Waals surface area contributed by atoms with Gasteiger partial charge in [-0.3, -0.25) is 0 Å². The van der Waals surface area contributed by atoms with Crippen molar-refractivity contribution in [3.63, 3.8) is 0 Å². The maximum absolute atomic E-state index is 12.7. The van der Waals surface area contributed by atoms with Gasteiger partial charge in [0.05, 0.1) is 5.69 Å². The number of piperazine rings is 1. The summed E-state index contributed by atoms with van der Waals surface area (Å²) in [6.07, 6.45) is 1.56. The topological polar surface area (TPSA) is 97.6 Å². The molecule has 10 heteroatoms. The highest BCUT2D eigenvalue weighted by Crippen LogP contribution is 2.34. The standard InChI is InChI=1S/C21H23N7O3/c1-14-9-15(2)28(25-14)20-11-19(22-12-23-20)26-5-7-27(8-6-26)21(29)24-16-3-4-17-18(10-16)31-13-30-17/h3-4,9-12H,5-8,13H2,1-2H3,(H,24,29). The zero-order valence-electron chi connectivity index (χ0n) is 17.4. The molecule has 31 heavy (non-hydrogen) atoms. The van der Waals surface area contributed by atoms with Gasteiger partial charge in [-0.15, -0.1) is 0 Å². The first-order valence-electron chi connectivity index (χ1n) is 10.1. The predicted octanol–water partition coefficient (Wildman–Crippen LogP) is 2.36. The third kappa shape index (κ3) is 3.83. The van der Waals surface area contributed by atoms with Crippen molar-refractivity contribution in [2.24, 2.45) is 0 Å². The van der Waals surface area contributed by atoms with E-state index in [2.05, 4.69) is 25.3 Å². The fourth-order valence-corrected chi connectivity index (χ4v) is 3.80. The third-order valence-corrected chi connectivity index (χ3v) is 5.38. The number of aryl methyl sites for hydroxylation is 2. The second-order valence-electron chi connectivity index (χ2n) is 7.55. The lowest BCUT2D eigenvalue weighted by molar-refractivity contribution is 0.174. The van der Waals surface area contributed by atoms with E-state index in [9.17, 15) is 4.79 Å². The summed E-state index contributed by atoms with van der Waals surface area (Å²) < 4.78 is 12.5. The predicted molar refractivity (Wildman–Crippen MR) is 114 cm³/mol. The monoisotopic (exact) mass is 421 g/mol. The first-order valence-corrected chi connectivity index (χ1v) is 10.1. The van der Waals surface area contributed by atoms with Crippen molar-refractivity contribution in [1.82, 2.24) is 24.6 Å². The van der Waals surface area contributed by atoms with Crippen molar-refractivity contribution in [3.05, 3.63) is 48.0 Å². The van der Waals surface area contributed by atoms with Crippen LogP contribution in [0.1, 0.15) is 11.4 Å². The highest BCUT2D eigenvalue weighted by molar-refractivity contribution is 5.90. The lowest BCUT2D eigenvalue weighted by Crippen LogP contribution is -2.50. The Kier molecular flexibility index (Phi) is 4.81. The quantitative estimate of drug-likeness (QED) is 0.693. The molecule has 0 atom stereocenters. The summed E-state index contributed by atoms with van der Waals surface area (Å²) in [5.41, 5.74) is 2.65. The number of hydrogen-bond donors (Lipinski definition) is 1. The van der Waals surface area contributed by atoms with Crippen molar-refractivity contribution in [2.45, 2.75) is 13.8 Å². The van der Waals surface area contributed by atoms with Gasteiger partial charge in [-0.05, 0) is 32.0 Å². The first kappa shape index (κ1) is 19.2. The van der Waals surface area contributed by atoms with Gasteiger partial charge in [0.1, 0.15) is 12.1 Å². The van der Waals surface area contributed by atoms with Crippen molar-refractivity contribution in [3.8, 4) is 17.3 Å². The molecule has 0 unspecified atom stereocenters. The Hall–Kier alpha value is -3.82. The number of benzene rings is 1. The zero-order valence-corrected chi connectivity index (χ0v) is 17.4. The molecular formula is C21H23N7O3. The van der Waals surface area contributed by atoms with Gasteiger partial charge in [-0.25, -0.2) is 19.4 Å². The van der Waals surface area contributed by atoms with Crippen LogP contribution in [0, 0.1) is 13.8 Å². The van der Waals surface area contributed by atoms with E-state index in [1.807, 2.05) is 36.7 Å². The van der Waals surface area contributed by atoms with Gasteiger partial charge in [0.25, 0.3) is 0 Å². The number of carbonyl (C=O) groups is 1. The molecule has 0 spiro atoms. The normalized spacial score (nSPS) is 15.3. The van der Waals surface area contributed by atoms with Gasteiger partial charge in [0.15, 0.2) is 17.3 Å². The minimum atomic E-state index is -0.135. The summed E-state index contributed by atoms with van der Waals surface area (Å²) in [4.78, 5) is 25.4. The Labute approximate surface area is 179 Å². The van der Waals surface area contributed by atoms with Crippen LogP contribution in [0.25, 0.3) is 5.82 Å². The van der Waals surface area contributed by atoms with Gasteiger partial charge in [-0.2, -0.15) is 5.10 Å². The number of amides is 2. The molecule has 5 rings (SSSR count). The Morgan fingerprint density at radius 1 is 0.968 bits per heavy atom. The number of nitrogens with zero attached hydrogens (tertiary/aromatic N) is 6. The molecular weight excluding hydrogens is 398 g/mol. The first-order chi connectivity index (χ1) is 15.1. The van der Waals surface area contributed by atoms with E-state index in [-0.39, 0.29) is 12.8 Å². The number of carbonyl (C=O) groups excluding carboxylic acids is 1. The number of hydrogen-bond acceptors (Lipinski definition) is 7. The molecule has 0 bridgehead atoms. The Morgan fingerprint density at radius 2 is 1.74 bits per heavy atom. The molecule has 1 fully saturated rings. The number of fused-ring (bicyclic) bond motifs is 1. The highest BCUT2D eigenvalue weighted by Gasteiger charge is 2.23. The van der Waals surface area contributed by atoms with E-state index < -0.39 is 0 Å². The van der Waals surface area contributed by atoms with E-state index in [1.165, 1.54) is 0 Å². The van der Waals surface area contributed by atoms with Crippen LogP contribution in [0.15, 0.2) is 36.7 Å². The van der Waals surface area contributed by atoms with Gasteiger partial charge < -0.3 is 24.6 Å². The summed E-state index contributed by atoms with van der Waals surface area (Å²) >= 11 is 0. The zero-order chi connectivity index (χ0) is 21.4. The number of urea groups is 1. The summed E-state index contributed by atoms with van der Waals surface area (Å²) in [5.74, 6) is 2.90. The molecule has 1 N–H and O–H groups in total. The molecule has 1 saturated heterocycles. The number of ether oxygens (including phenoxy) is 2. The van der Waals surface area contributed by atoms with E-state index in [0.717, 1.165) is 23.0 Å². The molecule has 2 aromatic heterocycles. The minimum Gasteiger partial charge on any atom is -0.454 e. The van der Waals surface area contributed by atoms with Gasteiger partial charge in [0.2, 0.25) is 6.79 Å². The SMILES string of the molecule is Cc1cc(C)n(-c2cc(N3CCN(C(=O)Nc4ccc5c(c4)OCO5)CC3)ncn2)n1. The maximum atomic E-state index is 12.7. The Morgan fingerprint density at radius 3 is 2.52 bits per heavy atom. The molecule has 10 nitrogen and oxygen atoms in total.